The molecule has 0 fully saturated rings. The summed E-state index contributed by atoms with van der Waals surface area (Å²) in [5.41, 5.74) is 3.58. The van der Waals surface area contributed by atoms with Gasteiger partial charge >= 0.3 is 0 Å². The first-order chi connectivity index (χ1) is 13.4. The van der Waals surface area contributed by atoms with E-state index < -0.39 is 0 Å². The van der Waals surface area contributed by atoms with Gasteiger partial charge in [-0.25, -0.2) is 0 Å². The second-order valence-electron chi connectivity index (χ2n) is 6.86. The molecule has 1 aromatic carbocycles. The number of carbonyl (C=O) groups is 2. The summed E-state index contributed by atoms with van der Waals surface area (Å²) in [6.45, 7) is 9.16. The summed E-state index contributed by atoms with van der Waals surface area (Å²) in [6.07, 6.45) is 9.68. The predicted octanol–water partition coefficient (Wildman–Crippen LogP) is 4.02. The Labute approximate surface area is 168 Å². The molecule has 0 aliphatic heterocycles. The second-order valence-corrected chi connectivity index (χ2v) is 6.86. The van der Waals surface area contributed by atoms with E-state index in [1.54, 1.807) is 6.08 Å². The lowest BCUT2D eigenvalue weighted by Gasteiger charge is -2.05. The van der Waals surface area contributed by atoms with Gasteiger partial charge in [0.05, 0.1) is 0 Å². The molecule has 0 aromatic heterocycles. The van der Waals surface area contributed by atoms with E-state index in [9.17, 15) is 9.59 Å². The van der Waals surface area contributed by atoms with E-state index in [-0.39, 0.29) is 11.8 Å². The van der Waals surface area contributed by atoms with Crippen LogP contribution >= 0.6 is 0 Å². The maximum atomic E-state index is 11.7. The molecular weight excluding hydrogens is 352 g/mol. The van der Waals surface area contributed by atoms with Gasteiger partial charge in [-0.2, -0.15) is 0 Å². The van der Waals surface area contributed by atoms with Gasteiger partial charge in [0.2, 0.25) is 11.8 Å². The molecule has 2 N–H and O–H groups in total. The lowest BCUT2D eigenvalue weighted by Crippen LogP contribution is -2.32. The monoisotopic (exact) mass is 384 g/mol. The van der Waals surface area contributed by atoms with Crippen molar-refractivity contribution >= 4 is 17.9 Å². The van der Waals surface area contributed by atoms with Crippen molar-refractivity contribution in [3.8, 4) is 5.75 Å². The van der Waals surface area contributed by atoms with Crippen molar-refractivity contribution in [3.05, 3.63) is 59.2 Å². The number of benzene rings is 1. The first kappa shape index (κ1) is 23.2. The van der Waals surface area contributed by atoms with Crippen molar-refractivity contribution in [3.63, 3.8) is 0 Å². The molecule has 5 nitrogen and oxygen atoms in total. The zero-order valence-corrected chi connectivity index (χ0v) is 17.4. The van der Waals surface area contributed by atoms with Crippen LogP contribution < -0.4 is 15.4 Å². The first-order valence-corrected chi connectivity index (χ1v) is 9.59. The molecule has 0 heterocycles. The summed E-state index contributed by atoms with van der Waals surface area (Å²) < 4.78 is 5.74. The minimum absolute atomic E-state index is 0.110. The van der Waals surface area contributed by atoms with Crippen LogP contribution in [0.3, 0.4) is 0 Å². The van der Waals surface area contributed by atoms with Crippen LogP contribution in [0.15, 0.2) is 53.6 Å². The first-order valence-electron chi connectivity index (χ1n) is 9.59. The van der Waals surface area contributed by atoms with Crippen LogP contribution in [0, 0.1) is 0 Å². The smallest absolute Gasteiger partial charge is 0.244 e. The number of nitrogens with one attached hydrogen (secondary N) is 2. The van der Waals surface area contributed by atoms with Crippen LogP contribution in [-0.2, 0) is 9.59 Å². The van der Waals surface area contributed by atoms with E-state index in [1.165, 1.54) is 24.1 Å². The van der Waals surface area contributed by atoms with Gasteiger partial charge in [0.1, 0.15) is 12.4 Å². The lowest BCUT2D eigenvalue weighted by atomic mass is 10.1. The number of amides is 2. The fraction of sp³-hybridized carbons (Fsp3) is 0.391. The summed E-state index contributed by atoms with van der Waals surface area (Å²) in [5.74, 6) is 0.492. The average Bonchev–Trinajstić information content (AvgIpc) is 2.64. The Hall–Kier alpha value is -2.82. The van der Waals surface area contributed by atoms with E-state index in [0.717, 1.165) is 24.2 Å². The molecule has 0 saturated heterocycles. The number of hydrogen-bond donors (Lipinski definition) is 2. The summed E-state index contributed by atoms with van der Waals surface area (Å²) in [6, 6.07) is 7.59. The number of ether oxygens (including phenoxy) is 1. The van der Waals surface area contributed by atoms with Gasteiger partial charge in [0, 0.05) is 26.1 Å². The predicted molar refractivity (Wildman–Crippen MR) is 115 cm³/mol. The molecule has 0 saturated carbocycles. The molecule has 28 heavy (non-hydrogen) atoms. The molecule has 0 radical (unpaired) electrons. The SMILES string of the molecule is CC(=O)NCCNC(=O)C=Cc1ccc(OCC=C(C)CCC=C(C)C)cc1. The van der Waals surface area contributed by atoms with Gasteiger partial charge in [0.15, 0.2) is 0 Å². The zero-order chi connectivity index (χ0) is 20.8. The largest absolute Gasteiger partial charge is 0.490 e. The van der Waals surface area contributed by atoms with Crippen molar-refractivity contribution in [2.45, 2.75) is 40.5 Å². The number of hydrogen-bond acceptors (Lipinski definition) is 3. The van der Waals surface area contributed by atoms with Crippen LogP contribution in [0.25, 0.3) is 6.08 Å². The van der Waals surface area contributed by atoms with E-state index in [0.29, 0.717) is 19.7 Å². The summed E-state index contributed by atoms with van der Waals surface area (Å²) in [4.78, 5) is 22.4. The van der Waals surface area contributed by atoms with Gasteiger partial charge in [-0.15, -0.1) is 0 Å². The van der Waals surface area contributed by atoms with Crippen LogP contribution in [0.1, 0.15) is 46.1 Å². The van der Waals surface area contributed by atoms with Gasteiger partial charge in [0.25, 0.3) is 0 Å². The van der Waals surface area contributed by atoms with Crippen molar-refractivity contribution in [2.24, 2.45) is 0 Å². The highest BCUT2D eigenvalue weighted by molar-refractivity contribution is 5.91. The van der Waals surface area contributed by atoms with Crippen LogP contribution in [0.2, 0.25) is 0 Å². The Morgan fingerprint density at radius 3 is 2.29 bits per heavy atom. The molecule has 2 amide bonds. The normalized spacial score (nSPS) is 11.2. The number of rotatable bonds is 11. The topological polar surface area (TPSA) is 67.4 Å². The van der Waals surface area contributed by atoms with Gasteiger partial charge < -0.3 is 15.4 Å². The number of allylic oxidation sites excluding steroid dienone is 3. The van der Waals surface area contributed by atoms with Crippen LogP contribution in [-0.4, -0.2) is 31.5 Å². The van der Waals surface area contributed by atoms with Gasteiger partial charge in [-0.05, 0) is 63.5 Å². The van der Waals surface area contributed by atoms with E-state index in [2.05, 4.69) is 43.6 Å². The third-order valence-corrected chi connectivity index (χ3v) is 3.88. The highest BCUT2D eigenvalue weighted by Gasteiger charge is 1.97. The maximum absolute atomic E-state index is 11.7. The molecule has 0 aliphatic rings. The molecule has 0 spiro atoms. The molecule has 0 unspecified atom stereocenters. The standard InChI is InChI=1S/C23H32N2O3/c1-18(2)6-5-7-19(3)14-17-28-22-11-8-21(9-12-22)10-13-23(27)25-16-15-24-20(4)26/h6,8-14H,5,7,15-17H2,1-4H3,(H,24,26)(H,25,27). The minimum Gasteiger partial charge on any atom is -0.490 e. The minimum atomic E-state index is -0.195. The van der Waals surface area contributed by atoms with Crippen molar-refractivity contribution in [1.29, 1.82) is 0 Å². The van der Waals surface area contributed by atoms with Gasteiger partial charge in [-0.3, -0.25) is 9.59 Å². The Morgan fingerprint density at radius 1 is 0.964 bits per heavy atom. The van der Waals surface area contributed by atoms with Crippen LogP contribution in [0.4, 0.5) is 0 Å². The Morgan fingerprint density at radius 2 is 1.64 bits per heavy atom. The van der Waals surface area contributed by atoms with Gasteiger partial charge in [-0.1, -0.05) is 29.4 Å². The van der Waals surface area contributed by atoms with Crippen molar-refractivity contribution in [2.75, 3.05) is 19.7 Å². The second kappa shape index (κ2) is 13.4. The Kier molecular flexibility index (Phi) is 11.1. The highest BCUT2D eigenvalue weighted by Crippen LogP contribution is 2.14. The van der Waals surface area contributed by atoms with Crippen molar-refractivity contribution in [1.82, 2.24) is 10.6 Å². The molecule has 1 aromatic rings. The lowest BCUT2D eigenvalue weighted by molar-refractivity contribution is -0.119. The molecule has 0 atom stereocenters. The maximum Gasteiger partial charge on any atom is 0.244 e. The number of carbonyl (C=O) groups excluding carboxylic acids is 2. The summed E-state index contributed by atoms with van der Waals surface area (Å²) >= 11 is 0. The average molecular weight is 385 g/mol. The molecule has 152 valence electrons. The quantitative estimate of drug-likeness (QED) is 0.344. The third-order valence-electron chi connectivity index (χ3n) is 3.88. The fourth-order valence-corrected chi connectivity index (χ4v) is 2.30. The highest BCUT2D eigenvalue weighted by atomic mass is 16.5. The molecular formula is C23H32N2O3. The zero-order valence-electron chi connectivity index (χ0n) is 17.4. The molecule has 0 bridgehead atoms. The molecule has 1 rings (SSSR count). The molecule has 5 heteroatoms. The van der Waals surface area contributed by atoms with Crippen molar-refractivity contribution < 1.29 is 14.3 Å². The Bertz CT molecular complexity index is 712. The summed E-state index contributed by atoms with van der Waals surface area (Å²) in [7, 11) is 0. The molecule has 0 aliphatic carbocycles. The van der Waals surface area contributed by atoms with E-state index in [4.69, 9.17) is 4.74 Å². The third kappa shape index (κ3) is 11.7. The fourth-order valence-electron chi connectivity index (χ4n) is 2.30. The van der Waals surface area contributed by atoms with Crippen LogP contribution in [0.5, 0.6) is 5.75 Å². The van der Waals surface area contributed by atoms with E-state index in [1.807, 2.05) is 24.3 Å². The summed E-state index contributed by atoms with van der Waals surface area (Å²) in [5, 5.41) is 5.32. The Balaban J connectivity index is 2.35. The van der Waals surface area contributed by atoms with E-state index >= 15 is 0 Å².